The second-order valence-corrected chi connectivity index (χ2v) is 11.4. The van der Waals surface area contributed by atoms with Crippen LogP contribution in [0.3, 0.4) is 0 Å². The molecule has 1 fully saturated rings. The molecule has 0 aromatic heterocycles. The number of carbonyl (C=O) groups excluding carboxylic acids is 1. The third-order valence-corrected chi connectivity index (χ3v) is 8.98. The van der Waals surface area contributed by atoms with E-state index < -0.39 is 0 Å². The Morgan fingerprint density at radius 3 is 2.33 bits per heavy atom. The van der Waals surface area contributed by atoms with Gasteiger partial charge in [-0.05, 0) is 76.2 Å². The smallest absolute Gasteiger partial charge is 0.254 e. The normalized spacial score (nSPS) is 14.1. The summed E-state index contributed by atoms with van der Waals surface area (Å²) in [6.07, 6.45) is 1.07. The van der Waals surface area contributed by atoms with Crippen LogP contribution in [0.1, 0.15) is 44.5 Å². The lowest BCUT2D eigenvalue weighted by Gasteiger charge is -2.35. The summed E-state index contributed by atoms with van der Waals surface area (Å²) in [6.45, 7) is 16.7. The Morgan fingerprint density at radius 2 is 1.64 bits per heavy atom. The van der Waals surface area contributed by atoms with Crippen molar-refractivity contribution in [3.05, 3.63) is 71.6 Å². The van der Waals surface area contributed by atoms with Gasteiger partial charge in [0.15, 0.2) is 0 Å². The molecular weight excluding hydrogens is 540 g/mol. The molecule has 42 heavy (non-hydrogen) atoms. The third kappa shape index (κ3) is 6.09. The Morgan fingerprint density at radius 1 is 0.905 bits per heavy atom. The van der Waals surface area contributed by atoms with E-state index in [4.69, 9.17) is 4.42 Å². The zero-order chi connectivity index (χ0) is 29.6. The molecule has 0 atom stereocenters. The van der Waals surface area contributed by atoms with Gasteiger partial charge in [-0.2, -0.15) is 12.6 Å². The second-order valence-electron chi connectivity index (χ2n) is 10.9. The van der Waals surface area contributed by atoms with E-state index in [2.05, 4.69) is 97.2 Å². The minimum Gasteiger partial charge on any atom is -0.456 e. The molecule has 2 aromatic rings. The fourth-order valence-corrected chi connectivity index (χ4v) is 6.40. The Labute approximate surface area is 256 Å². The van der Waals surface area contributed by atoms with Crippen LogP contribution in [0.4, 0.5) is 5.69 Å². The van der Waals surface area contributed by atoms with Crippen LogP contribution in [0.15, 0.2) is 65.1 Å². The minimum absolute atomic E-state index is 0.0982. The number of amides is 1. The molecule has 3 aliphatic rings. The van der Waals surface area contributed by atoms with Crippen LogP contribution in [0.5, 0.6) is 0 Å². The zero-order valence-electron chi connectivity index (χ0n) is 25.6. The van der Waals surface area contributed by atoms with E-state index >= 15 is 0 Å². The van der Waals surface area contributed by atoms with Crippen LogP contribution in [0.2, 0.25) is 0 Å². The lowest BCUT2D eigenvalue weighted by atomic mass is 9.90. The second kappa shape index (κ2) is 13.8. The predicted molar refractivity (Wildman–Crippen MR) is 179 cm³/mol. The summed E-state index contributed by atoms with van der Waals surface area (Å²) in [5, 5.41) is 2.16. The SMILES string of the molecule is CCN(CC)c1ccc2c(-c3ccccc3C(=O)N3CCN(CCCS)CC3)c3ccc(=[N+](CC)CC)cc-3oc2c1. The maximum atomic E-state index is 14.1. The molecule has 1 aliphatic carbocycles. The number of hydrogen-bond donors (Lipinski definition) is 1. The Bertz CT molecular complexity index is 1560. The van der Waals surface area contributed by atoms with Gasteiger partial charge in [0, 0.05) is 79.2 Å². The first-order valence-electron chi connectivity index (χ1n) is 15.6. The van der Waals surface area contributed by atoms with Gasteiger partial charge < -0.3 is 14.2 Å². The summed E-state index contributed by atoms with van der Waals surface area (Å²) in [4.78, 5) is 20.9. The molecule has 0 N–H and O–H groups in total. The third-order valence-electron chi connectivity index (χ3n) is 8.66. The van der Waals surface area contributed by atoms with E-state index in [0.29, 0.717) is 0 Å². The molecule has 0 radical (unpaired) electrons. The number of nitrogens with zero attached hydrogens (tertiary/aromatic N) is 4. The monoisotopic (exact) mass is 585 g/mol. The van der Waals surface area contributed by atoms with Gasteiger partial charge in [0.1, 0.15) is 24.4 Å². The van der Waals surface area contributed by atoms with Gasteiger partial charge in [0.05, 0.1) is 6.07 Å². The fourth-order valence-electron chi connectivity index (χ4n) is 6.26. The van der Waals surface area contributed by atoms with E-state index in [9.17, 15) is 4.79 Å². The molecule has 0 unspecified atom stereocenters. The zero-order valence-corrected chi connectivity index (χ0v) is 26.5. The van der Waals surface area contributed by atoms with Crippen molar-refractivity contribution < 1.29 is 9.21 Å². The van der Waals surface area contributed by atoms with Gasteiger partial charge in [0.2, 0.25) is 5.36 Å². The summed E-state index contributed by atoms with van der Waals surface area (Å²) in [5.41, 5.74) is 5.75. The highest BCUT2D eigenvalue weighted by Crippen LogP contribution is 2.42. The molecule has 1 saturated heterocycles. The highest BCUT2D eigenvalue weighted by atomic mass is 32.1. The molecule has 0 spiro atoms. The van der Waals surface area contributed by atoms with Crippen molar-refractivity contribution in [3.63, 3.8) is 0 Å². The van der Waals surface area contributed by atoms with E-state index in [1.165, 1.54) is 0 Å². The number of thiol groups is 1. The van der Waals surface area contributed by atoms with Gasteiger partial charge in [-0.15, -0.1) is 0 Å². The van der Waals surface area contributed by atoms with Crippen molar-refractivity contribution in [2.75, 3.05) is 69.6 Å². The molecule has 1 amide bonds. The number of hydrogen-bond acceptors (Lipinski definition) is 5. The van der Waals surface area contributed by atoms with Crippen LogP contribution in [0, 0.1) is 0 Å². The van der Waals surface area contributed by atoms with Gasteiger partial charge in [-0.3, -0.25) is 9.69 Å². The van der Waals surface area contributed by atoms with Gasteiger partial charge >= 0.3 is 0 Å². The van der Waals surface area contributed by atoms with Gasteiger partial charge in [0.25, 0.3) is 5.91 Å². The van der Waals surface area contributed by atoms with Crippen molar-refractivity contribution in [2.45, 2.75) is 34.1 Å². The van der Waals surface area contributed by atoms with Crippen LogP contribution in [-0.4, -0.2) is 80.4 Å². The molecule has 2 aliphatic heterocycles. The maximum absolute atomic E-state index is 14.1. The average molecular weight is 586 g/mol. The predicted octanol–water partition coefficient (Wildman–Crippen LogP) is 5.94. The molecular formula is C35H45N4O2S+. The van der Waals surface area contributed by atoms with E-state index in [-0.39, 0.29) is 5.91 Å². The van der Waals surface area contributed by atoms with E-state index in [1.807, 2.05) is 23.1 Å². The van der Waals surface area contributed by atoms with Crippen molar-refractivity contribution in [1.29, 1.82) is 0 Å². The Hall–Kier alpha value is -3.29. The lowest BCUT2D eigenvalue weighted by Crippen LogP contribution is -2.49. The molecule has 2 aromatic carbocycles. The van der Waals surface area contributed by atoms with Crippen LogP contribution in [0.25, 0.3) is 33.4 Å². The molecule has 7 heteroatoms. The summed E-state index contributed by atoms with van der Waals surface area (Å²) in [6, 6.07) is 21.1. The van der Waals surface area contributed by atoms with Crippen molar-refractivity contribution in [1.82, 2.24) is 14.4 Å². The molecule has 2 heterocycles. The van der Waals surface area contributed by atoms with Gasteiger partial charge in [-0.25, -0.2) is 4.58 Å². The number of rotatable bonds is 10. The Balaban J connectivity index is 1.67. The summed E-state index contributed by atoms with van der Waals surface area (Å²) in [5.74, 6) is 1.82. The lowest BCUT2D eigenvalue weighted by molar-refractivity contribution is 0.0638. The first-order chi connectivity index (χ1) is 20.5. The molecule has 0 bridgehead atoms. The largest absolute Gasteiger partial charge is 0.456 e. The van der Waals surface area contributed by atoms with E-state index in [0.717, 1.165) is 121 Å². The summed E-state index contributed by atoms with van der Waals surface area (Å²) >= 11 is 4.36. The van der Waals surface area contributed by atoms with Crippen LogP contribution >= 0.6 is 12.6 Å². The number of fused-ring (bicyclic) bond motifs is 2. The topological polar surface area (TPSA) is 42.9 Å². The summed E-state index contributed by atoms with van der Waals surface area (Å²) < 4.78 is 9.00. The van der Waals surface area contributed by atoms with E-state index in [1.54, 1.807) is 0 Å². The molecule has 0 saturated carbocycles. The summed E-state index contributed by atoms with van der Waals surface area (Å²) in [7, 11) is 0. The van der Waals surface area contributed by atoms with Crippen molar-refractivity contribution in [3.8, 4) is 22.5 Å². The number of carbonyl (C=O) groups is 1. The number of benzene rings is 3. The molecule has 6 nitrogen and oxygen atoms in total. The maximum Gasteiger partial charge on any atom is 0.254 e. The Kier molecular flexibility index (Phi) is 9.91. The standard InChI is InChI=1S/C35H44N4O2S/c1-5-37(6-2)26-14-16-30-32(24-26)41-33-25-27(38(7-3)8-4)15-17-31(33)34(30)28-12-9-10-13-29(28)35(40)39-21-19-36(20-22-39)18-11-23-42/h9-10,12-17,24-25H,5-8,11,18-23H2,1-4H3/p+1. The van der Waals surface area contributed by atoms with Crippen molar-refractivity contribution >= 4 is 35.2 Å². The van der Waals surface area contributed by atoms with Crippen LogP contribution < -0.4 is 14.8 Å². The minimum atomic E-state index is 0.0982. The number of piperazine rings is 1. The highest BCUT2D eigenvalue weighted by molar-refractivity contribution is 7.80. The first kappa shape index (κ1) is 30.2. The quantitative estimate of drug-likeness (QED) is 0.142. The van der Waals surface area contributed by atoms with Crippen molar-refractivity contribution in [2.24, 2.45) is 0 Å². The highest BCUT2D eigenvalue weighted by Gasteiger charge is 2.27. The fraction of sp³-hybridized carbons (Fsp3) is 0.429. The molecule has 222 valence electrons. The number of anilines is 1. The van der Waals surface area contributed by atoms with Gasteiger partial charge in [-0.1, -0.05) is 18.2 Å². The molecule has 5 rings (SSSR count). The van der Waals surface area contributed by atoms with Crippen LogP contribution in [-0.2, 0) is 0 Å². The average Bonchev–Trinajstić information content (AvgIpc) is 3.03. The first-order valence-corrected chi connectivity index (χ1v) is 16.2.